The zero-order valence-electron chi connectivity index (χ0n) is 52.5. The fourth-order valence-corrected chi connectivity index (χ4v) is 11.8. The van der Waals surface area contributed by atoms with Crippen molar-refractivity contribution in [3.8, 4) is 18.1 Å². The summed E-state index contributed by atoms with van der Waals surface area (Å²) in [5, 5.41) is 21.7. The van der Waals surface area contributed by atoms with E-state index < -0.39 is 61.2 Å². The number of alkyl halides is 2. The molecule has 27 heteroatoms. The first kappa shape index (κ1) is 73.9. The number of carbonyl (C=O) groups is 9. The third kappa shape index (κ3) is 26.8. The topological polar surface area (TPSA) is 282 Å². The number of halogens is 3. The molecule has 0 saturated carbocycles. The monoisotopic (exact) mass is 1400 g/mol. The van der Waals surface area contributed by atoms with Gasteiger partial charge >= 0.3 is 5.97 Å². The Hall–Kier alpha value is -7.13. The van der Waals surface area contributed by atoms with Crippen LogP contribution >= 0.6 is 22.6 Å². The number of carbonyl (C=O) groups excluding carboxylic acids is 8. The van der Waals surface area contributed by atoms with Crippen LogP contribution in [-0.4, -0.2) is 237 Å². The summed E-state index contributed by atoms with van der Waals surface area (Å²) < 4.78 is 45.2. The van der Waals surface area contributed by atoms with Gasteiger partial charge in [0.2, 0.25) is 29.5 Å². The highest BCUT2D eigenvalue weighted by Gasteiger charge is 2.46. The summed E-state index contributed by atoms with van der Waals surface area (Å²) in [4.78, 5) is 128. The van der Waals surface area contributed by atoms with Crippen molar-refractivity contribution in [1.82, 2.24) is 55.7 Å². The van der Waals surface area contributed by atoms with Crippen molar-refractivity contribution in [1.29, 1.82) is 0 Å². The highest BCUT2D eigenvalue weighted by Crippen LogP contribution is 2.32. The number of rotatable bonds is 36. The number of aryl methyl sites for hydroxylation is 1. The lowest BCUT2D eigenvalue weighted by atomic mass is 9.91. The van der Waals surface area contributed by atoms with E-state index in [1.165, 1.54) is 17.8 Å². The van der Waals surface area contributed by atoms with Crippen molar-refractivity contribution < 1.29 is 71.2 Å². The number of aromatic nitrogens is 1. The average molecular weight is 1400 g/mol. The smallest absolute Gasteiger partial charge is 0.317 e. The number of hydrogen-bond donors (Lipinski definition) is 5. The van der Waals surface area contributed by atoms with Crippen LogP contribution < -0.4 is 26.0 Å². The van der Waals surface area contributed by atoms with E-state index in [2.05, 4.69) is 66.9 Å². The predicted octanol–water partition coefficient (Wildman–Crippen LogP) is 4.26. The second kappa shape index (κ2) is 40.1. The van der Waals surface area contributed by atoms with Crippen LogP contribution in [0.3, 0.4) is 0 Å². The van der Waals surface area contributed by atoms with Crippen LogP contribution in [-0.2, 0) is 54.3 Å². The standard InChI is InChI=1S/C65H90F2IN11O13/c1-2-52-40-65(66,67)44-79(52)61(85)41-72-63(88)54-22-27-69-56-21-20-53(39-55(54)56)92-38-9-6-11-50-23-28-78(29-24-50)60(84)15-4-3-7-26-71-64(89)57(13-5-8-25-70-58(82)14-10-12-49-16-18-51(68)19-17-49)73-59(83)42-74-30-31-75(43-62(86)87)33-35-77(46-91-48-81)37-36-76(34-32-74)45-90-47-80/h1,16-22,27,39,47-48,50,52,57H,3-15,23-26,28-38,40-46H2,(H,70,82)(H,71,89)(H,72,88)(H,73,83)(H,86,87)/t52-,57-/m0/s1. The molecule has 5 N–H and O–H groups in total. The van der Waals surface area contributed by atoms with Crippen molar-refractivity contribution in [3.63, 3.8) is 0 Å². The molecule has 0 bridgehead atoms. The first-order valence-corrected chi connectivity index (χ1v) is 33.0. The Labute approximate surface area is 551 Å². The van der Waals surface area contributed by atoms with Gasteiger partial charge in [0.15, 0.2) is 0 Å². The van der Waals surface area contributed by atoms with E-state index in [1.807, 2.05) is 31.7 Å². The molecule has 0 unspecified atom stereocenters. The number of nitrogens with zero attached hydrogens (tertiary/aromatic N) is 7. The Bertz CT molecular complexity index is 2920. The van der Waals surface area contributed by atoms with Gasteiger partial charge in [0.25, 0.3) is 24.8 Å². The minimum atomic E-state index is -3.09. The molecule has 3 aliphatic rings. The van der Waals surface area contributed by atoms with E-state index >= 15 is 0 Å². The highest BCUT2D eigenvalue weighted by molar-refractivity contribution is 14.1. The molecule has 1 aromatic heterocycles. The highest BCUT2D eigenvalue weighted by atomic mass is 127. The number of nitrogens with one attached hydrogen (secondary N) is 4. The molecule has 0 radical (unpaired) electrons. The number of hydrogen-bond acceptors (Lipinski definition) is 17. The molecule has 504 valence electrons. The molecule has 3 aromatic rings. The number of carboxylic acid groups (broad SMARTS) is 1. The molecule has 3 saturated heterocycles. The van der Waals surface area contributed by atoms with Crippen LogP contribution in [0.1, 0.15) is 112 Å². The van der Waals surface area contributed by atoms with Gasteiger partial charge in [-0.2, -0.15) is 0 Å². The zero-order valence-corrected chi connectivity index (χ0v) is 54.7. The predicted molar refractivity (Wildman–Crippen MR) is 347 cm³/mol. The molecule has 92 heavy (non-hydrogen) atoms. The van der Waals surface area contributed by atoms with Gasteiger partial charge in [-0.15, -0.1) is 6.42 Å². The van der Waals surface area contributed by atoms with Crippen molar-refractivity contribution in [2.24, 2.45) is 5.92 Å². The first-order valence-electron chi connectivity index (χ1n) is 31.9. The van der Waals surface area contributed by atoms with Crippen LogP contribution in [0.4, 0.5) is 8.78 Å². The SMILES string of the molecule is C#C[C@H]1CC(F)(F)CN1C(=O)CNC(=O)c1ccnc2ccc(OCCCCC3CCN(C(=O)CCCCCNC(=O)[C@H](CCCCNC(=O)CCCc4ccc(I)cc4)NC(=O)CN4CCN(COC=O)CCN(COC=O)CCN(CC(=O)O)CC4)CC3)cc12. The number of fused-ring (bicyclic) bond motifs is 1. The molecule has 4 heterocycles. The molecule has 3 aliphatic heterocycles. The summed E-state index contributed by atoms with van der Waals surface area (Å²) in [7, 11) is 0. The quantitative estimate of drug-likeness (QED) is 0.0235. The molecule has 3 fully saturated rings. The van der Waals surface area contributed by atoms with Crippen molar-refractivity contribution >= 4 is 87.9 Å². The number of carboxylic acids is 1. The maximum absolute atomic E-state index is 14.0. The maximum atomic E-state index is 14.0. The fraction of sp³-hybridized carbons (Fsp3) is 0.600. The molecular weight excluding hydrogens is 1310 g/mol. The van der Waals surface area contributed by atoms with Gasteiger partial charge in [0, 0.05) is 113 Å². The number of aliphatic carboxylic acids is 1. The molecule has 0 spiro atoms. The lowest BCUT2D eigenvalue weighted by Gasteiger charge is -2.33. The Morgan fingerprint density at radius 1 is 0.728 bits per heavy atom. The molecule has 0 aliphatic carbocycles. The molecule has 24 nitrogen and oxygen atoms in total. The second-order valence-corrected chi connectivity index (χ2v) is 24.9. The molecular formula is C65H90F2IN11O13. The maximum Gasteiger partial charge on any atom is 0.317 e. The first-order chi connectivity index (χ1) is 44.4. The number of benzene rings is 2. The van der Waals surface area contributed by atoms with Gasteiger partial charge in [0.05, 0.1) is 49.9 Å². The van der Waals surface area contributed by atoms with Gasteiger partial charge < -0.3 is 50.4 Å². The van der Waals surface area contributed by atoms with Gasteiger partial charge in [-0.1, -0.05) is 30.9 Å². The van der Waals surface area contributed by atoms with E-state index in [-0.39, 0.29) is 49.8 Å². The Kier molecular flexibility index (Phi) is 32.2. The molecule has 6 amide bonds. The second-order valence-electron chi connectivity index (χ2n) is 23.7. The van der Waals surface area contributed by atoms with E-state index in [9.17, 15) is 57.0 Å². The lowest BCUT2D eigenvalue weighted by Crippen LogP contribution is -2.52. The Morgan fingerprint density at radius 3 is 2.04 bits per heavy atom. The summed E-state index contributed by atoms with van der Waals surface area (Å²) in [6.45, 7) is 4.48. The molecule has 6 rings (SSSR count). The number of likely N-dealkylation sites (tertiary alicyclic amines) is 2. The lowest BCUT2D eigenvalue weighted by molar-refractivity contribution is -0.139. The summed E-state index contributed by atoms with van der Waals surface area (Å²) in [5.41, 5.74) is 1.96. The normalized spacial score (nSPS) is 17.5. The summed E-state index contributed by atoms with van der Waals surface area (Å²) in [5.74, 6) is -2.81. The number of pyridine rings is 1. The van der Waals surface area contributed by atoms with Gasteiger partial charge in [-0.3, -0.25) is 67.7 Å². The summed E-state index contributed by atoms with van der Waals surface area (Å²) >= 11 is 2.26. The number of terminal acetylenes is 1. The minimum absolute atomic E-state index is 0.000781. The zero-order chi connectivity index (χ0) is 66.1. The number of piperidine rings is 1. The van der Waals surface area contributed by atoms with Crippen LogP contribution in [0.25, 0.3) is 10.9 Å². The third-order valence-corrected chi connectivity index (χ3v) is 17.5. The van der Waals surface area contributed by atoms with Crippen LogP contribution in [0.5, 0.6) is 5.75 Å². The fourth-order valence-electron chi connectivity index (χ4n) is 11.5. The number of unbranched alkanes of at least 4 members (excludes halogenated alkanes) is 4. The summed E-state index contributed by atoms with van der Waals surface area (Å²) in [6, 6.07) is 13.0. The number of ether oxygens (including phenoxy) is 3. The molecule has 2 atom stereocenters. The van der Waals surface area contributed by atoms with Crippen molar-refractivity contribution in [2.45, 2.75) is 121 Å². The van der Waals surface area contributed by atoms with Gasteiger partial charge in [-0.25, -0.2) is 8.78 Å². The van der Waals surface area contributed by atoms with Crippen LogP contribution in [0.2, 0.25) is 0 Å². The van der Waals surface area contributed by atoms with E-state index in [0.717, 1.165) is 47.0 Å². The average Bonchev–Trinajstić information content (AvgIpc) is 1.21. The largest absolute Gasteiger partial charge is 0.494 e. The Morgan fingerprint density at radius 2 is 1.38 bits per heavy atom. The van der Waals surface area contributed by atoms with Crippen molar-refractivity contribution in [3.05, 3.63) is 69.4 Å². The van der Waals surface area contributed by atoms with Crippen LogP contribution in [0.15, 0.2) is 54.7 Å². The van der Waals surface area contributed by atoms with E-state index in [0.29, 0.717) is 178 Å². The van der Waals surface area contributed by atoms with Gasteiger partial charge in [-0.05, 0) is 141 Å². The Balaban J connectivity index is 0.906. The third-order valence-electron chi connectivity index (χ3n) is 16.7. The van der Waals surface area contributed by atoms with E-state index in [1.54, 1.807) is 23.1 Å². The van der Waals surface area contributed by atoms with Crippen molar-refractivity contribution in [2.75, 3.05) is 125 Å². The number of amides is 6. The van der Waals surface area contributed by atoms with Crippen LogP contribution in [0, 0.1) is 21.8 Å². The minimum Gasteiger partial charge on any atom is -0.494 e. The molecule has 2 aromatic carbocycles. The summed E-state index contributed by atoms with van der Waals surface area (Å²) in [6.07, 6.45) is 16.4. The van der Waals surface area contributed by atoms with Gasteiger partial charge in [0.1, 0.15) is 25.3 Å². The van der Waals surface area contributed by atoms with E-state index in [4.69, 9.17) is 20.6 Å².